The van der Waals surface area contributed by atoms with Crippen LogP contribution in [0.4, 0.5) is 0 Å². The van der Waals surface area contributed by atoms with Crippen LogP contribution in [0, 0.1) is 0 Å². The molecule has 0 amide bonds. The molecule has 1 saturated heterocycles. The van der Waals surface area contributed by atoms with E-state index in [1.807, 2.05) is 30.4 Å². The maximum Gasteiger partial charge on any atom is 0.187 e. The van der Waals surface area contributed by atoms with Crippen molar-refractivity contribution in [2.45, 2.75) is 39.5 Å². The monoisotopic (exact) mass is 361 g/mol. The third-order valence-electron chi connectivity index (χ3n) is 4.59. The Hall–Kier alpha value is -2.45. The van der Waals surface area contributed by atoms with Crippen LogP contribution in [-0.4, -0.2) is 18.9 Å². The Labute approximate surface area is 164 Å². The van der Waals surface area contributed by atoms with Crippen LogP contribution >= 0.6 is 0 Å². The number of nitrogens with one attached hydrogen (secondary N) is 1. The van der Waals surface area contributed by atoms with Gasteiger partial charge < -0.3 is 5.32 Å². The molecular weight excluding hydrogens is 330 g/mol. The summed E-state index contributed by atoms with van der Waals surface area (Å²) >= 11 is 0. The molecular formula is C25H31NO. The van der Waals surface area contributed by atoms with Crippen molar-refractivity contribution in [3.8, 4) is 0 Å². The minimum absolute atomic E-state index is 0.137. The fourth-order valence-corrected chi connectivity index (χ4v) is 3.11. The summed E-state index contributed by atoms with van der Waals surface area (Å²) in [6, 6.07) is 8.49. The summed E-state index contributed by atoms with van der Waals surface area (Å²) in [5.74, 6) is 0.137. The topological polar surface area (TPSA) is 29.1 Å². The van der Waals surface area contributed by atoms with E-state index in [4.69, 9.17) is 0 Å². The smallest absolute Gasteiger partial charge is 0.187 e. The number of ketones is 1. The molecule has 142 valence electrons. The number of Topliss-reactive ketones (excluding diaryl/α,β-unsaturated/α-hetero) is 1. The molecule has 1 aliphatic rings. The van der Waals surface area contributed by atoms with Gasteiger partial charge in [0.2, 0.25) is 0 Å². The molecule has 2 rings (SSSR count). The van der Waals surface area contributed by atoms with Gasteiger partial charge in [-0.2, -0.15) is 0 Å². The predicted molar refractivity (Wildman–Crippen MR) is 117 cm³/mol. The van der Waals surface area contributed by atoms with Gasteiger partial charge in [-0.25, -0.2) is 0 Å². The van der Waals surface area contributed by atoms with E-state index in [-0.39, 0.29) is 5.78 Å². The van der Waals surface area contributed by atoms with Crippen molar-refractivity contribution in [1.82, 2.24) is 5.32 Å². The summed E-state index contributed by atoms with van der Waals surface area (Å²) in [7, 11) is 0. The van der Waals surface area contributed by atoms with E-state index in [1.165, 1.54) is 11.1 Å². The zero-order valence-corrected chi connectivity index (χ0v) is 16.6. The Balaban J connectivity index is 2.09. The van der Waals surface area contributed by atoms with Gasteiger partial charge in [-0.05, 0) is 35.6 Å². The van der Waals surface area contributed by atoms with Crippen molar-refractivity contribution in [3.05, 3.63) is 89.1 Å². The Morgan fingerprint density at radius 3 is 2.48 bits per heavy atom. The van der Waals surface area contributed by atoms with Crippen molar-refractivity contribution in [3.63, 3.8) is 0 Å². The number of carbonyl (C=O) groups is 1. The number of allylic oxidation sites excluding steroid dienone is 6. The lowest BCUT2D eigenvalue weighted by molar-refractivity contribution is -0.112. The lowest BCUT2D eigenvalue weighted by Crippen LogP contribution is -2.32. The van der Waals surface area contributed by atoms with Crippen molar-refractivity contribution in [2.24, 2.45) is 0 Å². The highest BCUT2D eigenvalue weighted by molar-refractivity contribution is 6.12. The average molecular weight is 362 g/mol. The number of carbonyl (C=O) groups excluding carboxylic acids is 1. The molecule has 0 bridgehead atoms. The van der Waals surface area contributed by atoms with Crippen LogP contribution in [0.2, 0.25) is 0 Å². The first kappa shape index (κ1) is 20.9. The summed E-state index contributed by atoms with van der Waals surface area (Å²) < 4.78 is 0. The fourth-order valence-electron chi connectivity index (χ4n) is 3.11. The third-order valence-corrected chi connectivity index (χ3v) is 4.59. The van der Waals surface area contributed by atoms with E-state index in [0.29, 0.717) is 13.1 Å². The average Bonchev–Trinajstić information content (AvgIpc) is 2.68. The van der Waals surface area contributed by atoms with E-state index in [0.717, 1.165) is 42.4 Å². The van der Waals surface area contributed by atoms with Gasteiger partial charge in [0.1, 0.15) is 0 Å². The first-order chi connectivity index (χ1) is 13.2. The van der Waals surface area contributed by atoms with Gasteiger partial charge in [0.25, 0.3) is 0 Å². The Kier molecular flexibility index (Phi) is 8.73. The van der Waals surface area contributed by atoms with Crippen LogP contribution in [0.1, 0.15) is 44.2 Å². The normalized spacial score (nSPS) is 18.6. The van der Waals surface area contributed by atoms with E-state index < -0.39 is 0 Å². The molecule has 1 N–H and O–H groups in total. The molecule has 1 aromatic rings. The van der Waals surface area contributed by atoms with Crippen LogP contribution in [-0.2, 0) is 11.2 Å². The molecule has 2 nitrogen and oxygen atoms in total. The van der Waals surface area contributed by atoms with Gasteiger partial charge in [0.15, 0.2) is 5.78 Å². The van der Waals surface area contributed by atoms with Gasteiger partial charge in [0, 0.05) is 24.2 Å². The lowest BCUT2D eigenvalue weighted by Gasteiger charge is -2.17. The van der Waals surface area contributed by atoms with Crippen molar-refractivity contribution in [2.75, 3.05) is 13.1 Å². The van der Waals surface area contributed by atoms with Gasteiger partial charge >= 0.3 is 0 Å². The quantitative estimate of drug-likeness (QED) is 0.483. The molecule has 1 heterocycles. The van der Waals surface area contributed by atoms with E-state index in [2.05, 4.69) is 56.1 Å². The summed E-state index contributed by atoms with van der Waals surface area (Å²) in [4.78, 5) is 12.7. The largest absolute Gasteiger partial charge is 0.308 e. The molecule has 0 aromatic heterocycles. The summed E-state index contributed by atoms with van der Waals surface area (Å²) in [6.45, 7) is 9.41. The second kappa shape index (κ2) is 11.3. The van der Waals surface area contributed by atoms with Gasteiger partial charge in [-0.15, -0.1) is 0 Å². The molecule has 0 aliphatic carbocycles. The zero-order chi connectivity index (χ0) is 19.5. The van der Waals surface area contributed by atoms with Crippen molar-refractivity contribution in [1.29, 1.82) is 0 Å². The predicted octanol–water partition coefficient (Wildman–Crippen LogP) is 5.59. The minimum Gasteiger partial charge on any atom is -0.308 e. The molecule has 1 fully saturated rings. The number of rotatable bonds is 8. The van der Waals surface area contributed by atoms with Crippen LogP contribution < -0.4 is 5.32 Å². The Morgan fingerprint density at radius 2 is 1.81 bits per heavy atom. The van der Waals surface area contributed by atoms with Gasteiger partial charge in [-0.3, -0.25) is 4.79 Å². The van der Waals surface area contributed by atoms with E-state index >= 15 is 0 Å². The SMILES string of the molecule is C=C\C(=C/C=C/C=C1\CNC/C(=C\c2ccc(CCC)cc2)C1=O)CCC. The first-order valence-electron chi connectivity index (χ1n) is 9.91. The van der Waals surface area contributed by atoms with Gasteiger partial charge in [0.05, 0.1) is 0 Å². The first-order valence-corrected chi connectivity index (χ1v) is 9.91. The van der Waals surface area contributed by atoms with E-state index in [9.17, 15) is 4.79 Å². The third kappa shape index (κ3) is 6.65. The molecule has 0 atom stereocenters. The van der Waals surface area contributed by atoms with Gasteiger partial charge in [-0.1, -0.05) is 87.9 Å². The number of piperidine rings is 1. The number of hydrogen-bond donors (Lipinski definition) is 1. The molecule has 1 aliphatic heterocycles. The second-order valence-corrected chi connectivity index (χ2v) is 6.87. The zero-order valence-electron chi connectivity index (χ0n) is 16.6. The second-order valence-electron chi connectivity index (χ2n) is 6.87. The number of aryl methyl sites for hydroxylation is 1. The van der Waals surface area contributed by atoms with Crippen LogP contribution in [0.3, 0.4) is 0 Å². The molecule has 2 heteroatoms. The highest BCUT2D eigenvalue weighted by atomic mass is 16.1. The summed E-state index contributed by atoms with van der Waals surface area (Å²) in [5, 5.41) is 3.33. The molecule has 0 spiro atoms. The van der Waals surface area contributed by atoms with Crippen LogP contribution in [0.5, 0.6) is 0 Å². The summed E-state index contributed by atoms with van der Waals surface area (Å²) in [5.41, 5.74) is 5.25. The molecule has 0 unspecified atom stereocenters. The van der Waals surface area contributed by atoms with Crippen molar-refractivity contribution >= 4 is 11.9 Å². The molecule has 27 heavy (non-hydrogen) atoms. The maximum atomic E-state index is 12.7. The Morgan fingerprint density at radius 1 is 1.07 bits per heavy atom. The van der Waals surface area contributed by atoms with Crippen LogP contribution in [0.15, 0.2) is 77.9 Å². The highest BCUT2D eigenvalue weighted by Crippen LogP contribution is 2.16. The van der Waals surface area contributed by atoms with Crippen LogP contribution in [0.25, 0.3) is 6.08 Å². The highest BCUT2D eigenvalue weighted by Gasteiger charge is 2.19. The standard InChI is InChI=1S/C25H31NO/c1-4-9-20(6-3)11-7-8-12-23-18-26-19-24(25(23)27)17-22-15-13-21(10-5-2)14-16-22/h6-8,11-17,26H,3-5,9-10,18-19H2,1-2H3/b8-7+,20-11+,23-12+,24-17+. The molecule has 0 radical (unpaired) electrons. The maximum absolute atomic E-state index is 12.7. The number of hydrogen-bond acceptors (Lipinski definition) is 2. The van der Waals surface area contributed by atoms with Crippen molar-refractivity contribution < 1.29 is 4.79 Å². The molecule has 0 saturated carbocycles. The lowest BCUT2D eigenvalue weighted by atomic mass is 9.96. The minimum atomic E-state index is 0.137. The summed E-state index contributed by atoms with van der Waals surface area (Å²) in [6.07, 6.45) is 16.1. The number of benzene rings is 1. The fraction of sp³-hybridized carbons (Fsp3) is 0.320. The van der Waals surface area contributed by atoms with E-state index in [1.54, 1.807) is 0 Å². The molecule has 1 aromatic carbocycles. The Bertz CT molecular complexity index is 760.